The summed E-state index contributed by atoms with van der Waals surface area (Å²) in [4.78, 5) is 21.4. The summed E-state index contributed by atoms with van der Waals surface area (Å²) in [5.41, 5.74) is 2.72. The number of aromatic nitrogens is 2. The highest BCUT2D eigenvalue weighted by molar-refractivity contribution is 8.00. The quantitative estimate of drug-likeness (QED) is 0.258. The molecular weight excluding hydrogens is 414 g/mol. The molecule has 4 aromatic rings. The lowest BCUT2D eigenvalue weighted by Gasteiger charge is -2.14. The lowest BCUT2D eigenvalue weighted by atomic mass is 10.2. The Morgan fingerprint density at radius 1 is 0.903 bits per heavy atom. The molecule has 0 aliphatic rings. The molecule has 4 rings (SSSR count). The largest absolute Gasteiger partial charge is 0.507 e. The molecule has 0 atom stereocenters. The van der Waals surface area contributed by atoms with Crippen LogP contribution < -0.4 is 15.4 Å². The van der Waals surface area contributed by atoms with Gasteiger partial charge in [-0.1, -0.05) is 18.2 Å². The number of hydrogen-bond acceptors (Lipinski definition) is 8. The van der Waals surface area contributed by atoms with E-state index in [1.807, 2.05) is 55.6 Å². The molecule has 0 unspecified atom stereocenters. The van der Waals surface area contributed by atoms with Crippen molar-refractivity contribution in [1.29, 1.82) is 0 Å². The van der Waals surface area contributed by atoms with Crippen molar-refractivity contribution in [3.8, 4) is 5.75 Å². The Morgan fingerprint density at radius 3 is 2.32 bits per heavy atom. The number of carbonyl (C=O) groups is 1. The number of phenols is 1. The maximum absolute atomic E-state index is 11.1. The SMILES string of the molecule is CNc1cccc(SNc2nc3ccccc3nc2Nc2ccc(C(=O)O)c(O)c2)c1. The van der Waals surface area contributed by atoms with Gasteiger partial charge in [-0.15, -0.1) is 0 Å². The van der Waals surface area contributed by atoms with Crippen LogP contribution in [0.5, 0.6) is 5.75 Å². The monoisotopic (exact) mass is 433 g/mol. The summed E-state index contributed by atoms with van der Waals surface area (Å²) in [7, 11) is 1.86. The minimum absolute atomic E-state index is 0.173. The number of hydrogen-bond donors (Lipinski definition) is 5. The van der Waals surface area contributed by atoms with E-state index in [0.29, 0.717) is 22.8 Å². The van der Waals surface area contributed by atoms with E-state index >= 15 is 0 Å². The lowest BCUT2D eigenvalue weighted by molar-refractivity contribution is 0.0694. The van der Waals surface area contributed by atoms with Crippen LogP contribution in [-0.2, 0) is 0 Å². The summed E-state index contributed by atoms with van der Waals surface area (Å²) in [6.07, 6.45) is 0. The molecule has 1 heterocycles. The molecule has 9 heteroatoms. The van der Waals surface area contributed by atoms with Gasteiger partial charge in [-0.05, 0) is 54.4 Å². The van der Waals surface area contributed by atoms with E-state index in [-0.39, 0.29) is 11.3 Å². The molecule has 156 valence electrons. The molecule has 0 spiro atoms. The van der Waals surface area contributed by atoms with Gasteiger partial charge in [0.2, 0.25) is 0 Å². The van der Waals surface area contributed by atoms with Crippen LogP contribution in [-0.4, -0.2) is 33.2 Å². The van der Waals surface area contributed by atoms with Crippen LogP contribution in [0, 0.1) is 0 Å². The summed E-state index contributed by atoms with van der Waals surface area (Å²) in [6, 6.07) is 19.6. The van der Waals surface area contributed by atoms with Crippen LogP contribution in [0.3, 0.4) is 0 Å². The fraction of sp³-hybridized carbons (Fsp3) is 0.0455. The van der Waals surface area contributed by atoms with Crippen molar-refractivity contribution < 1.29 is 15.0 Å². The van der Waals surface area contributed by atoms with Crippen LogP contribution in [0.1, 0.15) is 10.4 Å². The van der Waals surface area contributed by atoms with Crippen LogP contribution >= 0.6 is 11.9 Å². The van der Waals surface area contributed by atoms with Gasteiger partial charge in [-0.2, -0.15) is 0 Å². The Labute approximate surface area is 182 Å². The van der Waals surface area contributed by atoms with Crippen molar-refractivity contribution >= 4 is 52.0 Å². The molecule has 3 aromatic carbocycles. The van der Waals surface area contributed by atoms with E-state index in [1.54, 1.807) is 6.07 Å². The number of nitrogens with zero attached hydrogens (tertiary/aromatic N) is 2. The standard InChI is InChI=1S/C22H19N5O3S/c1-23-13-5-4-6-15(11-13)31-27-21-20(25-17-7-2-3-8-18(17)26-21)24-14-9-10-16(22(29)30)19(28)12-14/h2-12,23,28H,1H3,(H,24,25)(H,26,27)(H,29,30). The van der Waals surface area contributed by atoms with Gasteiger partial charge in [-0.25, -0.2) is 14.8 Å². The first-order chi connectivity index (χ1) is 15.0. The molecule has 5 N–H and O–H groups in total. The van der Waals surface area contributed by atoms with Gasteiger partial charge in [-0.3, -0.25) is 0 Å². The summed E-state index contributed by atoms with van der Waals surface area (Å²) >= 11 is 1.39. The number of carboxylic acid groups (broad SMARTS) is 1. The predicted molar refractivity (Wildman–Crippen MR) is 123 cm³/mol. The van der Waals surface area contributed by atoms with Gasteiger partial charge in [0.05, 0.1) is 11.0 Å². The second kappa shape index (κ2) is 8.80. The molecule has 0 saturated heterocycles. The van der Waals surface area contributed by atoms with E-state index in [0.717, 1.165) is 16.1 Å². The van der Waals surface area contributed by atoms with E-state index in [4.69, 9.17) is 5.11 Å². The number of benzene rings is 3. The molecular formula is C22H19N5O3S. The molecule has 0 radical (unpaired) electrons. The van der Waals surface area contributed by atoms with Gasteiger partial charge in [0.15, 0.2) is 11.6 Å². The van der Waals surface area contributed by atoms with Crippen LogP contribution in [0.25, 0.3) is 11.0 Å². The van der Waals surface area contributed by atoms with Crippen LogP contribution in [0.15, 0.2) is 71.6 Å². The fourth-order valence-electron chi connectivity index (χ4n) is 2.91. The first kappa shape index (κ1) is 20.3. The molecule has 0 amide bonds. The zero-order chi connectivity index (χ0) is 21.8. The molecule has 1 aromatic heterocycles. The number of nitrogens with one attached hydrogen (secondary N) is 3. The Morgan fingerprint density at radius 2 is 1.65 bits per heavy atom. The average molecular weight is 433 g/mol. The number of fused-ring (bicyclic) bond motifs is 1. The molecule has 31 heavy (non-hydrogen) atoms. The Kier molecular flexibility index (Phi) is 5.76. The number of rotatable bonds is 7. The highest BCUT2D eigenvalue weighted by atomic mass is 32.2. The maximum Gasteiger partial charge on any atom is 0.339 e. The normalized spacial score (nSPS) is 10.6. The fourth-order valence-corrected chi connectivity index (χ4v) is 3.60. The zero-order valence-corrected chi connectivity index (χ0v) is 17.3. The van der Waals surface area contributed by atoms with Gasteiger partial charge >= 0.3 is 5.97 Å². The molecule has 8 nitrogen and oxygen atoms in total. The number of aromatic hydroxyl groups is 1. The summed E-state index contributed by atoms with van der Waals surface area (Å²) in [5, 5.41) is 25.3. The molecule has 0 fully saturated rings. The minimum atomic E-state index is -1.20. The van der Waals surface area contributed by atoms with Crippen LogP contribution in [0.2, 0.25) is 0 Å². The van der Waals surface area contributed by atoms with E-state index in [9.17, 15) is 9.90 Å². The third-order valence-corrected chi connectivity index (χ3v) is 5.23. The first-order valence-electron chi connectivity index (χ1n) is 9.34. The predicted octanol–water partition coefficient (Wildman–Crippen LogP) is 4.94. The number of carboxylic acids is 1. The molecule has 0 aliphatic heterocycles. The Balaban J connectivity index is 1.66. The average Bonchev–Trinajstić information content (AvgIpc) is 2.77. The van der Waals surface area contributed by atoms with Crippen molar-refractivity contribution in [1.82, 2.24) is 9.97 Å². The highest BCUT2D eigenvalue weighted by Crippen LogP contribution is 2.31. The van der Waals surface area contributed by atoms with Gasteiger partial charge in [0, 0.05) is 29.4 Å². The van der Waals surface area contributed by atoms with Gasteiger partial charge in [0.1, 0.15) is 11.3 Å². The summed E-state index contributed by atoms with van der Waals surface area (Å²) < 4.78 is 3.23. The molecule has 0 aliphatic carbocycles. The van der Waals surface area contributed by atoms with E-state index in [1.165, 1.54) is 24.1 Å². The topological polar surface area (TPSA) is 119 Å². The van der Waals surface area contributed by atoms with Crippen molar-refractivity contribution in [2.75, 3.05) is 22.4 Å². The smallest absolute Gasteiger partial charge is 0.339 e. The summed E-state index contributed by atoms with van der Waals surface area (Å²) in [5.74, 6) is -0.588. The van der Waals surface area contributed by atoms with Crippen molar-refractivity contribution in [3.05, 3.63) is 72.3 Å². The third kappa shape index (κ3) is 4.62. The van der Waals surface area contributed by atoms with E-state index in [2.05, 4.69) is 25.3 Å². The number of aromatic carboxylic acids is 1. The zero-order valence-electron chi connectivity index (χ0n) is 16.5. The molecule has 0 bridgehead atoms. The van der Waals surface area contributed by atoms with E-state index < -0.39 is 5.97 Å². The van der Waals surface area contributed by atoms with Crippen molar-refractivity contribution in [2.45, 2.75) is 4.90 Å². The van der Waals surface area contributed by atoms with Crippen LogP contribution in [0.4, 0.5) is 23.0 Å². The van der Waals surface area contributed by atoms with Gasteiger partial charge < -0.3 is 25.6 Å². The maximum atomic E-state index is 11.1. The second-order valence-corrected chi connectivity index (χ2v) is 7.43. The van der Waals surface area contributed by atoms with Crippen molar-refractivity contribution in [2.24, 2.45) is 0 Å². The summed E-state index contributed by atoms with van der Waals surface area (Å²) in [6.45, 7) is 0. The number of anilines is 4. The Bertz CT molecular complexity index is 1270. The Hall–Kier alpha value is -3.98. The lowest BCUT2D eigenvalue weighted by Crippen LogP contribution is -2.03. The second-order valence-electron chi connectivity index (χ2n) is 6.55. The first-order valence-corrected chi connectivity index (χ1v) is 10.2. The number of para-hydroxylation sites is 2. The minimum Gasteiger partial charge on any atom is -0.507 e. The van der Waals surface area contributed by atoms with Gasteiger partial charge in [0.25, 0.3) is 0 Å². The third-order valence-electron chi connectivity index (χ3n) is 4.45. The molecule has 0 saturated carbocycles. The van der Waals surface area contributed by atoms with Crippen molar-refractivity contribution in [3.63, 3.8) is 0 Å². The highest BCUT2D eigenvalue weighted by Gasteiger charge is 2.13.